The van der Waals surface area contributed by atoms with Crippen molar-refractivity contribution >= 4 is 15.9 Å². The molecule has 0 spiro atoms. The molecule has 2 aromatic carbocycles. The van der Waals surface area contributed by atoms with Gasteiger partial charge in [-0.25, -0.2) is 0 Å². The molecule has 0 aliphatic carbocycles. The Morgan fingerprint density at radius 3 is 2.44 bits per heavy atom. The Morgan fingerprint density at radius 1 is 1.00 bits per heavy atom. The molecule has 0 saturated carbocycles. The van der Waals surface area contributed by atoms with Crippen LogP contribution in [0.2, 0.25) is 0 Å². The van der Waals surface area contributed by atoms with Crippen molar-refractivity contribution in [2.75, 3.05) is 5.33 Å². The lowest BCUT2D eigenvalue weighted by molar-refractivity contribution is 0.770. The zero-order valence-electron chi connectivity index (χ0n) is 11.0. The summed E-state index contributed by atoms with van der Waals surface area (Å²) in [6.45, 7) is 4.35. The van der Waals surface area contributed by atoms with Crippen molar-refractivity contribution in [2.45, 2.75) is 26.2 Å². The van der Waals surface area contributed by atoms with Gasteiger partial charge in [0, 0.05) is 5.33 Å². The second kappa shape index (κ2) is 6.19. The minimum Gasteiger partial charge on any atom is -0.0921 e. The van der Waals surface area contributed by atoms with Gasteiger partial charge in [-0.15, -0.1) is 0 Å². The third kappa shape index (κ3) is 3.23. The number of halogens is 1. The van der Waals surface area contributed by atoms with Gasteiger partial charge in [-0.1, -0.05) is 70.0 Å². The van der Waals surface area contributed by atoms with Gasteiger partial charge < -0.3 is 0 Å². The average molecular weight is 303 g/mol. The van der Waals surface area contributed by atoms with Crippen molar-refractivity contribution in [1.29, 1.82) is 0 Å². The minimum absolute atomic E-state index is 0.547. The lowest BCUT2D eigenvalue weighted by atomic mass is 9.91. The number of hydrogen-bond donors (Lipinski definition) is 0. The molecule has 0 radical (unpaired) electrons. The summed E-state index contributed by atoms with van der Waals surface area (Å²) in [5.74, 6) is 0.547. The van der Waals surface area contributed by atoms with E-state index in [2.05, 4.69) is 78.3 Å². The molecular weight excluding hydrogens is 284 g/mol. The van der Waals surface area contributed by atoms with Crippen molar-refractivity contribution in [3.63, 3.8) is 0 Å². The first-order chi connectivity index (χ1) is 8.70. The highest BCUT2D eigenvalue weighted by Gasteiger charge is 2.12. The molecule has 2 aromatic rings. The van der Waals surface area contributed by atoms with Crippen LogP contribution < -0.4 is 0 Å². The lowest BCUT2D eigenvalue weighted by Crippen LogP contribution is -2.05. The molecule has 0 aliphatic heterocycles. The standard InChI is InChI=1S/C17H19Br/c1-13-6-5-9-16(10-13)17(12-18)11-15-8-4-3-7-14(15)2/h3-10,17H,11-12H2,1-2H3. The van der Waals surface area contributed by atoms with Crippen LogP contribution in [0.3, 0.4) is 0 Å². The maximum atomic E-state index is 3.66. The summed E-state index contributed by atoms with van der Waals surface area (Å²) in [6, 6.07) is 17.5. The van der Waals surface area contributed by atoms with Crippen LogP contribution in [0.4, 0.5) is 0 Å². The molecule has 2 rings (SSSR count). The first-order valence-corrected chi connectivity index (χ1v) is 7.50. The quantitative estimate of drug-likeness (QED) is 0.695. The summed E-state index contributed by atoms with van der Waals surface area (Å²) < 4.78 is 0. The van der Waals surface area contributed by atoms with Crippen LogP contribution in [0, 0.1) is 13.8 Å². The van der Waals surface area contributed by atoms with E-state index in [-0.39, 0.29) is 0 Å². The van der Waals surface area contributed by atoms with Crippen molar-refractivity contribution in [2.24, 2.45) is 0 Å². The molecule has 0 bridgehead atoms. The Balaban J connectivity index is 2.23. The average Bonchev–Trinajstić information content (AvgIpc) is 2.38. The van der Waals surface area contributed by atoms with Crippen molar-refractivity contribution in [3.8, 4) is 0 Å². The molecule has 0 aromatic heterocycles. The molecule has 0 aliphatic rings. The molecule has 1 unspecified atom stereocenters. The van der Waals surface area contributed by atoms with Gasteiger partial charge in [-0.2, -0.15) is 0 Å². The SMILES string of the molecule is Cc1cccc(C(CBr)Cc2ccccc2C)c1. The molecule has 1 heteroatoms. The topological polar surface area (TPSA) is 0 Å². The van der Waals surface area contributed by atoms with Gasteiger partial charge in [0.15, 0.2) is 0 Å². The third-order valence-corrected chi connectivity index (χ3v) is 4.21. The van der Waals surface area contributed by atoms with Gasteiger partial charge in [0.2, 0.25) is 0 Å². The highest BCUT2D eigenvalue weighted by Crippen LogP contribution is 2.25. The Kier molecular flexibility index (Phi) is 4.60. The smallest absolute Gasteiger partial charge is 0.0103 e. The van der Waals surface area contributed by atoms with Crippen molar-refractivity contribution < 1.29 is 0 Å². The monoisotopic (exact) mass is 302 g/mol. The summed E-state index contributed by atoms with van der Waals surface area (Å²) >= 11 is 3.66. The minimum atomic E-state index is 0.547. The molecule has 0 saturated heterocycles. The van der Waals surface area contributed by atoms with Crippen LogP contribution in [0.15, 0.2) is 48.5 Å². The second-order valence-corrected chi connectivity index (χ2v) is 5.54. The van der Waals surface area contributed by atoms with Gasteiger partial charge in [-0.3, -0.25) is 0 Å². The summed E-state index contributed by atoms with van der Waals surface area (Å²) in [6.07, 6.45) is 1.10. The van der Waals surface area contributed by atoms with Crippen LogP contribution >= 0.6 is 15.9 Å². The fourth-order valence-corrected chi connectivity index (χ4v) is 2.89. The van der Waals surface area contributed by atoms with E-state index in [0.717, 1.165) is 11.8 Å². The van der Waals surface area contributed by atoms with E-state index >= 15 is 0 Å². The first kappa shape index (κ1) is 13.4. The highest BCUT2D eigenvalue weighted by molar-refractivity contribution is 9.09. The molecule has 18 heavy (non-hydrogen) atoms. The Labute approximate surface area is 118 Å². The van der Waals surface area contributed by atoms with Crippen LogP contribution in [0.25, 0.3) is 0 Å². The molecule has 0 amide bonds. The van der Waals surface area contributed by atoms with Crippen LogP contribution in [-0.2, 0) is 6.42 Å². The second-order valence-electron chi connectivity index (χ2n) is 4.90. The van der Waals surface area contributed by atoms with Gasteiger partial charge in [0.1, 0.15) is 0 Å². The van der Waals surface area contributed by atoms with E-state index in [1.165, 1.54) is 22.3 Å². The van der Waals surface area contributed by atoms with E-state index in [0.29, 0.717) is 5.92 Å². The normalized spacial score (nSPS) is 12.4. The Hall–Kier alpha value is -1.08. The van der Waals surface area contributed by atoms with Gasteiger partial charge in [0.25, 0.3) is 0 Å². The van der Waals surface area contributed by atoms with Gasteiger partial charge in [0.05, 0.1) is 0 Å². The molecule has 1 atom stereocenters. The van der Waals surface area contributed by atoms with Gasteiger partial charge in [-0.05, 0) is 42.9 Å². The lowest BCUT2D eigenvalue weighted by Gasteiger charge is -2.16. The van der Waals surface area contributed by atoms with Crippen LogP contribution in [0.5, 0.6) is 0 Å². The van der Waals surface area contributed by atoms with E-state index < -0.39 is 0 Å². The zero-order valence-corrected chi connectivity index (χ0v) is 12.6. The van der Waals surface area contributed by atoms with Gasteiger partial charge >= 0.3 is 0 Å². The van der Waals surface area contributed by atoms with E-state index in [9.17, 15) is 0 Å². The molecular formula is C17H19Br. The van der Waals surface area contributed by atoms with Crippen LogP contribution in [-0.4, -0.2) is 5.33 Å². The predicted molar refractivity (Wildman–Crippen MR) is 82.6 cm³/mol. The number of hydrogen-bond acceptors (Lipinski definition) is 0. The summed E-state index contributed by atoms with van der Waals surface area (Å²) in [5.41, 5.74) is 5.60. The first-order valence-electron chi connectivity index (χ1n) is 6.37. The highest BCUT2D eigenvalue weighted by atomic mass is 79.9. The maximum absolute atomic E-state index is 3.66. The fourth-order valence-electron chi connectivity index (χ4n) is 2.29. The van der Waals surface area contributed by atoms with E-state index in [1.54, 1.807) is 0 Å². The Bertz CT molecular complexity index is 517. The summed E-state index contributed by atoms with van der Waals surface area (Å²) in [5, 5.41) is 1.00. The number of aryl methyl sites for hydroxylation is 2. The number of alkyl halides is 1. The summed E-state index contributed by atoms with van der Waals surface area (Å²) in [4.78, 5) is 0. The zero-order chi connectivity index (χ0) is 13.0. The summed E-state index contributed by atoms with van der Waals surface area (Å²) in [7, 11) is 0. The number of rotatable bonds is 4. The third-order valence-electron chi connectivity index (χ3n) is 3.43. The predicted octanol–water partition coefficient (Wildman–Crippen LogP) is 5.02. The fraction of sp³-hybridized carbons (Fsp3) is 0.294. The van der Waals surface area contributed by atoms with Crippen LogP contribution in [0.1, 0.15) is 28.2 Å². The van der Waals surface area contributed by atoms with E-state index in [4.69, 9.17) is 0 Å². The number of benzene rings is 2. The molecule has 94 valence electrons. The maximum Gasteiger partial charge on any atom is 0.0103 e. The molecule has 0 nitrogen and oxygen atoms in total. The molecule has 0 heterocycles. The van der Waals surface area contributed by atoms with Crippen molar-refractivity contribution in [3.05, 3.63) is 70.8 Å². The van der Waals surface area contributed by atoms with E-state index in [1.807, 2.05) is 0 Å². The largest absolute Gasteiger partial charge is 0.0921 e. The van der Waals surface area contributed by atoms with Crippen molar-refractivity contribution in [1.82, 2.24) is 0 Å². The molecule has 0 fully saturated rings. The molecule has 0 N–H and O–H groups in total. The Morgan fingerprint density at radius 2 is 1.78 bits per heavy atom.